The van der Waals surface area contributed by atoms with E-state index in [1.165, 1.54) is 25.7 Å². The highest BCUT2D eigenvalue weighted by Gasteiger charge is 2.01. The van der Waals surface area contributed by atoms with E-state index in [0.717, 1.165) is 19.6 Å². The first-order valence-corrected chi connectivity index (χ1v) is 5.27. The summed E-state index contributed by atoms with van der Waals surface area (Å²) >= 11 is 0. The van der Waals surface area contributed by atoms with E-state index in [-0.39, 0.29) is 0 Å². The van der Waals surface area contributed by atoms with Crippen LogP contribution in [0.15, 0.2) is 5.11 Å². The molecule has 0 fully saturated rings. The van der Waals surface area contributed by atoms with Crippen LogP contribution < -0.4 is 0 Å². The van der Waals surface area contributed by atoms with Crippen LogP contribution in [0.4, 0.5) is 0 Å². The zero-order valence-electron chi connectivity index (χ0n) is 8.84. The fraction of sp³-hybridized carbons (Fsp3) is 1.00. The highest BCUT2D eigenvalue weighted by Crippen LogP contribution is 1.91. The van der Waals surface area contributed by atoms with Gasteiger partial charge in [0.05, 0.1) is 0 Å². The van der Waals surface area contributed by atoms with Crippen molar-refractivity contribution in [3.8, 4) is 0 Å². The number of nitrogens with zero attached hydrogens (tertiary/aromatic N) is 2. The standard InChI is InChI=1S/C10H23N2/c1-4-7-8-11-12(9-5-2)10-6-3/h4-10H2,1-3H3/q+1. The second kappa shape index (κ2) is 8.69. The molecule has 2 nitrogen and oxygen atoms in total. The topological polar surface area (TPSA) is 15.4 Å². The fourth-order valence-corrected chi connectivity index (χ4v) is 1.14. The van der Waals surface area contributed by atoms with E-state index in [9.17, 15) is 0 Å². The third kappa shape index (κ3) is 6.32. The minimum absolute atomic E-state index is 1.01. The SMILES string of the molecule is CCCCN=[N+](CCC)CCC. The van der Waals surface area contributed by atoms with Crippen LogP contribution in [0.2, 0.25) is 0 Å². The van der Waals surface area contributed by atoms with E-state index in [0.29, 0.717) is 0 Å². The maximum absolute atomic E-state index is 4.53. The van der Waals surface area contributed by atoms with Gasteiger partial charge in [-0.2, -0.15) is 0 Å². The van der Waals surface area contributed by atoms with Gasteiger partial charge in [-0.05, 0) is 11.5 Å². The summed E-state index contributed by atoms with van der Waals surface area (Å²) in [4.78, 5) is 0. The zero-order chi connectivity index (χ0) is 9.23. The van der Waals surface area contributed by atoms with Gasteiger partial charge >= 0.3 is 0 Å². The Bertz CT molecular complexity index is 111. The van der Waals surface area contributed by atoms with Crippen molar-refractivity contribution in [1.29, 1.82) is 0 Å². The predicted molar refractivity (Wildman–Crippen MR) is 52.8 cm³/mol. The van der Waals surface area contributed by atoms with Crippen LogP contribution in [0.25, 0.3) is 0 Å². The van der Waals surface area contributed by atoms with Crippen molar-refractivity contribution in [3.05, 3.63) is 0 Å². The summed E-state index contributed by atoms with van der Waals surface area (Å²) < 4.78 is 2.22. The van der Waals surface area contributed by atoms with Crippen LogP contribution in [-0.4, -0.2) is 24.3 Å². The second-order valence-corrected chi connectivity index (χ2v) is 3.17. The molecule has 0 spiro atoms. The summed E-state index contributed by atoms with van der Waals surface area (Å²) in [5, 5.41) is 4.53. The molecular formula is C10H23N2+. The summed E-state index contributed by atoms with van der Waals surface area (Å²) in [7, 11) is 0. The van der Waals surface area contributed by atoms with E-state index in [4.69, 9.17) is 0 Å². The normalized spacial score (nSPS) is 9.92. The number of hydrogen-bond donors (Lipinski definition) is 0. The van der Waals surface area contributed by atoms with Crippen LogP contribution in [0.5, 0.6) is 0 Å². The molecule has 0 amide bonds. The molecule has 0 radical (unpaired) electrons. The molecule has 0 aliphatic heterocycles. The lowest BCUT2D eigenvalue weighted by molar-refractivity contribution is -0.594. The Balaban J connectivity index is 3.64. The predicted octanol–water partition coefficient (Wildman–Crippen LogP) is 3.07. The summed E-state index contributed by atoms with van der Waals surface area (Å²) in [5.41, 5.74) is 0. The first-order chi connectivity index (χ1) is 5.85. The van der Waals surface area contributed by atoms with Gasteiger partial charge in [-0.15, -0.1) is 4.70 Å². The van der Waals surface area contributed by atoms with E-state index in [1.807, 2.05) is 0 Å². The van der Waals surface area contributed by atoms with Crippen molar-refractivity contribution in [2.75, 3.05) is 19.6 Å². The van der Waals surface area contributed by atoms with Gasteiger partial charge in [-0.25, -0.2) is 0 Å². The van der Waals surface area contributed by atoms with Gasteiger partial charge in [-0.3, -0.25) is 0 Å². The maximum Gasteiger partial charge on any atom is 0.167 e. The summed E-state index contributed by atoms with van der Waals surface area (Å²) in [6.45, 7) is 9.88. The lowest BCUT2D eigenvalue weighted by atomic mass is 10.3. The monoisotopic (exact) mass is 171 g/mol. The molecule has 0 aromatic rings. The molecular weight excluding hydrogens is 148 g/mol. The largest absolute Gasteiger partial charge is 0.167 e. The van der Waals surface area contributed by atoms with Crippen LogP contribution >= 0.6 is 0 Å². The van der Waals surface area contributed by atoms with E-state index >= 15 is 0 Å². The van der Waals surface area contributed by atoms with Crippen molar-refractivity contribution in [3.63, 3.8) is 0 Å². The highest BCUT2D eigenvalue weighted by atomic mass is 15.3. The number of unbranched alkanes of at least 4 members (excludes halogenated alkanes) is 1. The molecule has 0 aliphatic rings. The lowest BCUT2D eigenvalue weighted by Crippen LogP contribution is -2.12. The Morgan fingerprint density at radius 2 is 1.50 bits per heavy atom. The molecule has 0 bridgehead atoms. The van der Waals surface area contributed by atoms with E-state index in [1.54, 1.807) is 0 Å². The highest BCUT2D eigenvalue weighted by molar-refractivity contribution is 4.34. The van der Waals surface area contributed by atoms with Crippen molar-refractivity contribution in [2.24, 2.45) is 5.11 Å². The Hall–Kier alpha value is -0.400. The molecule has 12 heavy (non-hydrogen) atoms. The van der Waals surface area contributed by atoms with Crippen LogP contribution in [0, 0.1) is 0 Å². The zero-order valence-corrected chi connectivity index (χ0v) is 8.84. The molecule has 0 saturated heterocycles. The van der Waals surface area contributed by atoms with Gasteiger partial charge in [0.25, 0.3) is 0 Å². The van der Waals surface area contributed by atoms with Crippen LogP contribution in [-0.2, 0) is 0 Å². The molecule has 2 heteroatoms. The van der Waals surface area contributed by atoms with Crippen molar-refractivity contribution < 1.29 is 4.70 Å². The molecule has 0 saturated carbocycles. The molecule has 0 aromatic heterocycles. The fourth-order valence-electron chi connectivity index (χ4n) is 1.14. The Morgan fingerprint density at radius 3 is 1.92 bits per heavy atom. The van der Waals surface area contributed by atoms with Gasteiger partial charge in [0.15, 0.2) is 13.1 Å². The van der Waals surface area contributed by atoms with E-state index < -0.39 is 0 Å². The molecule has 0 aromatic carbocycles. The van der Waals surface area contributed by atoms with Crippen molar-refractivity contribution in [2.45, 2.75) is 46.5 Å². The van der Waals surface area contributed by atoms with Crippen LogP contribution in [0.3, 0.4) is 0 Å². The van der Waals surface area contributed by atoms with Gasteiger partial charge < -0.3 is 0 Å². The smallest absolute Gasteiger partial charge is 0.128 e. The van der Waals surface area contributed by atoms with Crippen molar-refractivity contribution in [1.82, 2.24) is 0 Å². The summed E-state index contributed by atoms with van der Waals surface area (Å²) in [6, 6.07) is 0. The molecule has 0 atom stereocenters. The molecule has 72 valence electrons. The summed E-state index contributed by atoms with van der Waals surface area (Å²) in [6.07, 6.45) is 4.88. The van der Waals surface area contributed by atoms with Gasteiger partial charge in [0, 0.05) is 12.8 Å². The number of hydrogen-bond acceptors (Lipinski definition) is 1. The molecule has 0 aliphatic carbocycles. The molecule has 0 N–H and O–H groups in total. The molecule has 0 unspecified atom stereocenters. The van der Waals surface area contributed by atoms with Crippen LogP contribution in [0.1, 0.15) is 46.5 Å². The van der Waals surface area contributed by atoms with Gasteiger partial charge in [0.2, 0.25) is 0 Å². The average molecular weight is 171 g/mol. The first kappa shape index (κ1) is 11.6. The third-order valence-corrected chi connectivity index (χ3v) is 1.78. The number of rotatable bonds is 7. The maximum atomic E-state index is 4.53. The van der Waals surface area contributed by atoms with Gasteiger partial charge in [0.1, 0.15) is 6.54 Å². The van der Waals surface area contributed by atoms with Crippen molar-refractivity contribution >= 4 is 0 Å². The van der Waals surface area contributed by atoms with E-state index in [2.05, 4.69) is 30.6 Å². The number of azo groups is 2. The Labute approximate surface area is 76.7 Å². The summed E-state index contributed by atoms with van der Waals surface area (Å²) in [5.74, 6) is 0. The second-order valence-electron chi connectivity index (χ2n) is 3.17. The quantitative estimate of drug-likeness (QED) is 0.318. The molecule has 0 rings (SSSR count). The molecule has 0 heterocycles. The third-order valence-electron chi connectivity index (χ3n) is 1.78. The average Bonchev–Trinajstić information content (AvgIpc) is 2.06. The minimum Gasteiger partial charge on any atom is -0.128 e. The Kier molecular flexibility index (Phi) is 8.40. The minimum atomic E-state index is 1.01. The lowest BCUT2D eigenvalue weighted by Gasteiger charge is -1.96. The first-order valence-electron chi connectivity index (χ1n) is 5.27. The Morgan fingerprint density at radius 1 is 0.917 bits per heavy atom. The van der Waals surface area contributed by atoms with Gasteiger partial charge in [-0.1, -0.05) is 27.2 Å².